The van der Waals surface area contributed by atoms with Gasteiger partial charge in [-0.1, -0.05) is 12.1 Å². The minimum Gasteiger partial charge on any atom is -0.495 e. The normalized spacial score (nSPS) is 9.83. The molecule has 0 aromatic heterocycles. The van der Waals surface area contributed by atoms with E-state index in [4.69, 9.17) is 4.74 Å². The standard InChI is InChI=1S/C16H16FN3O3/c1-23-14-5-3-2-4-13(14)20-16(22)18-10-15(21)19-12-8-6-11(17)7-9-12/h2-9H,10H2,1H3,(H,19,21)(H2,18,20,22). The smallest absolute Gasteiger partial charge is 0.319 e. The SMILES string of the molecule is COc1ccccc1NC(=O)NCC(=O)Nc1ccc(F)cc1. The highest BCUT2D eigenvalue weighted by Gasteiger charge is 2.08. The summed E-state index contributed by atoms with van der Waals surface area (Å²) in [6.07, 6.45) is 0. The van der Waals surface area contributed by atoms with E-state index in [-0.39, 0.29) is 6.54 Å². The second-order valence-corrected chi connectivity index (χ2v) is 4.56. The molecule has 7 heteroatoms. The molecule has 120 valence electrons. The molecule has 0 aliphatic rings. The van der Waals surface area contributed by atoms with Crippen molar-refractivity contribution in [1.82, 2.24) is 5.32 Å². The number of benzene rings is 2. The average Bonchev–Trinajstić information content (AvgIpc) is 2.55. The summed E-state index contributed by atoms with van der Waals surface area (Å²) in [7, 11) is 1.49. The molecule has 3 amide bonds. The van der Waals surface area contributed by atoms with E-state index in [2.05, 4.69) is 16.0 Å². The zero-order valence-electron chi connectivity index (χ0n) is 12.4. The van der Waals surface area contributed by atoms with Crippen LogP contribution in [-0.4, -0.2) is 25.6 Å². The van der Waals surface area contributed by atoms with Gasteiger partial charge in [0.2, 0.25) is 5.91 Å². The van der Waals surface area contributed by atoms with Gasteiger partial charge in [0.1, 0.15) is 11.6 Å². The van der Waals surface area contributed by atoms with Gasteiger partial charge in [-0.2, -0.15) is 0 Å². The Morgan fingerprint density at radius 1 is 1.04 bits per heavy atom. The molecule has 3 N–H and O–H groups in total. The minimum atomic E-state index is -0.538. The van der Waals surface area contributed by atoms with Gasteiger partial charge in [-0.15, -0.1) is 0 Å². The largest absolute Gasteiger partial charge is 0.495 e. The molecule has 0 atom stereocenters. The number of urea groups is 1. The van der Waals surface area contributed by atoms with Crippen LogP contribution in [0.4, 0.5) is 20.6 Å². The first-order chi connectivity index (χ1) is 11.1. The van der Waals surface area contributed by atoms with Crippen molar-refractivity contribution < 1.29 is 18.7 Å². The zero-order valence-corrected chi connectivity index (χ0v) is 12.4. The van der Waals surface area contributed by atoms with Crippen molar-refractivity contribution in [2.75, 3.05) is 24.3 Å². The minimum absolute atomic E-state index is 0.224. The first-order valence-corrected chi connectivity index (χ1v) is 6.82. The number of hydrogen-bond acceptors (Lipinski definition) is 3. The van der Waals surface area contributed by atoms with E-state index in [1.54, 1.807) is 24.3 Å². The number of ether oxygens (including phenoxy) is 1. The molecular weight excluding hydrogens is 301 g/mol. The van der Waals surface area contributed by atoms with Crippen LogP contribution in [0.25, 0.3) is 0 Å². The summed E-state index contributed by atoms with van der Waals surface area (Å²) in [5.41, 5.74) is 0.940. The molecule has 0 saturated carbocycles. The average molecular weight is 317 g/mol. The van der Waals surface area contributed by atoms with E-state index >= 15 is 0 Å². The summed E-state index contributed by atoms with van der Waals surface area (Å²) >= 11 is 0. The molecule has 0 unspecified atom stereocenters. The van der Waals surface area contributed by atoms with Crippen LogP contribution < -0.4 is 20.7 Å². The van der Waals surface area contributed by atoms with E-state index < -0.39 is 17.8 Å². The lowest BCUT2D eigenvalue weighted by molar-refractivity contribution is -0.115. The van der Waals surface area contributed by atoms with E-state index in [1.165, 1.54) is 31.4 Å². The van der Waals surface area contributed by atoms with Gasteiger partial charge in [0.05, 0.1) is 19.3 Å². The maximum absolute atomic E-state index is 12.8. The summed E-state index contributed by atoms with van der Waals surface area (Å²) in [6.45, 7) is -0.224. The third kappa shape index (κ3) is 4.99. The number of para-hydroxylation sites is 2. The number of halogens is 1. The maximum atomic E-state index is 12.8. The first kappa shape index (κ1) is 16.3. The third-order valence-electron chi connectivity index (χ3n) is 2.89. The number of amides is 3. The highest BCUT2D eigenvalue weighted by molar-refractivity contribution is 5.97. The Bertz CT molecular complexity index is 689. The molecule has 2 aromatic rings. The number of rotatable bonds is 5. The lowest BCUT2D eigenvalue weighted by Gasteiger charge is -2.11. The molecule has 2 rings (SSSR count). The van der Waals surface area contributed by atoms with Crippen molar-refractivity contribution in [2.24, 2.45) is 0 Å². The molecule has 0 fully saturated rings. The van der Waals surface area contributed by atoms with Crippen LogP contribution in [0, 0.1) is 5.82 Å². The number of hydrogen-bond donors (Lipinski definition) is 3. The Kier molecular flexibility index (Phi) is 5.51. The van der Waals surface area contributed by atoms with E-state index in [9.17, 15) is 14.0 Å². The molecule has 2 aromatic carbocycles. The number of carbonyl (C=O) groups excluding carboxylic acids is 2. The monoisotopic (exact) mass is 317 g/mol. The van der Waals surface area contributed by atoms with Crippen molar-refractivity contribution in [3.63, 3.8) is 0 Å². The Morgan fingerprint density at radius 2 is 1.74 bits per heavy atom. The quantitative estimate of drug-likeness (QED) is 0.793. The zero-order chi connectivity index (χ0) is 16.7. The second-order valence-electron chi connectivity index (χ2n) is 4.56. The summed E-state index contributed by atoms with van der Waals surface area (Å²) < 4.78 is 17.9. The van der Waals surface area contributed by atoms with Crippen molar-refractivity contribution in [2.45, 2.75) is 0 Å². The topological polar surface area (TPSA) is 79.5 Å². The Balaban J connectivity index is 1.82. The van der Waals surface area contributed by atoms with Crippen LogP contribution in [-0.2, 0) is 4.79 Å². The van der Waals surface area contributed by atoms with Crippen LogP contribution in [0.15, 0.2) is 48.5 Å². The van der Waals surface area contributed by atoms with Crippen LogP contribution in [0.2, 0.25) is 0 Å². The summed E-state index contributed by atoms with van der Waals surface area (Å²) in [6, 6.07) is 11.7. The lowest BCUT2D eigenvalue weighted by atomic mass is 10.3. The van der Waals surface area contributed by atoms with Crippen LogP contribution in [0.5, 0.6) is 5.75 Å². The molecular formula is C16H16FN3O3. The number of nitrogens with one attached hydrogen (secondary N) is 3. The van der Waals surface area contributed by atoms with Gasteiger partial charge in [-0.3, -0.25) is 4.79 Å². The van der Waals surface area contributed by atoms with Crippen molar-refractivity contribution >= 4 is 23.3 Å². The van der Waals surface area contributed by atoms with Crippen molar-refractivity contribution in [1.29, 1.82) is 0 Å². The molecule has 0 spiro atoms. The summed E-state index contributed by atoms with van der Waals surface area (Å²) in [5.74, 6) is -0.303. The van der Waals surface area contributed by atoms with Gasteiger partial charge < -0.3 is 20.7 Å². The van der Waals surface area contributed by atoms with E-state index in [0.717, 1.165) is 0 Å². The van der Waals surface area contributed by atoms with Gasteiger partial charge in [-0.05, 0) is 36.4 Å². The predicted octanol–water partition coefficient (Wildman–Crippen LogP) is 2.59. The highest BCUT2D eigenvalue weighted by Crippen LogP contribution is 2.22. The van der Waals surface area contributed by atoms with Crippen molar-refractivity contribution in [3.05, 3.63) is 54.3 Å². The molecule has 0 heterocycles. The summed E-state index contributed by atoms with van der Waals surface area (Å²) in [5, 5.41) is 7.54. The van der Waals surface area contributed by atoms with Crippen LogP contribution in [0.3, 0.4) is 0 Å². The fraction of sp³-hybridized carbons (Fsp3) is 0.125. The van der Waals surface area contributed by atoms with Crippen LogP contribution in [0.1, 0.15) is 0 Å². The third-order valence-corrected chi connectivity index (χ3v) is 2.89. The first-order valence-electron chi connectivity index (χ1n) is 6.82. The highest BCUT2D eigenvalue weighted by atomic mass is 19.1. The Labute approximate surface area is 132 Å². The van der Waals surface area contributed by atoms with Gasteiger partial charge in [0.25, 0.3) is 0 Å². The van der Waals surface area contributed by atoms with E-state index in [1.807, 2.05) is 0 Å². The Hall–Kier alpha value is -3.09. The number of anilines is 2. The maximum Gasteiger partial charge on any atom is 0.319 e. The van der Waals surface area contributed by atoms with Crippen LogP contribution >= 0.6 is 0 Å². The molecule has 0 radical (unpaired) electrons. The molecule has 6 nitrogen and oxygen atoms in total. The van der Waals surface area contributed by atoms with Crippen molar-refractivity contribution in [3.8, 4) is 5.75 Å². The van der Waals surface area contributed by atoms with Gasteiger partial charge >= 0.3 is 6.03 Å². The van der Waals surface area contributed by atoms with E-state index in [0.29, 0.717) is 17.1 Å². The van der Waals surface area contributed by atoms with Gasteiger partial charge in [0.15, 0.2) is 0 Å². The lowest BCUT2D eigenvalue weighted by Crippen LogP contribution is -2.35. The number of carbonyl (C=O) groups is 2. The number of methoxy groups -OCH3 is 1. The fourth-order valence-corrected chi connectivity index (χ4v) is 1.81. The second kappa shape index (κ2) is 7.79. The predicted molar refractivity (Wildman–Crippen MR) is 85.0 cm³/mol. The molecule has 0 bridgehead atoms. The molecule has 0 saturated heterocycles. The van der Waals surface area contributed by atoms with Gasteiger partial charge in [-0.25, -0.2) is 9.18 Å². The summed E-state index contributed by atoms with van der Waals surface area (Å²) in [4.78, 5) is 23.5. The Morgan fingerprint density at radius 3 is 2.43 bits per heavy atom. The molecule has 0 aliphatic heterocycles. The molecule has 0 aliphatic carbocycles. The van der Waals surface area contributed by atoms with Gasteiger partial charge in [0, 0.05) is 5.69 Å². The fourth-order valence-electron chi connectivity index (χ4n) is 1.81. The molecule has 23 heavy (non-hydrogen) atoms.